The van der Waals surface area contributed by atoms with Crippen molar-refractivity contribution in [3.8, 4) is 11.5 Å². The highest BCUT2D eigenvalue weighted by Gasteiger charge is 2.15. The summed E-state index contributed by atoms with van der Waals surface area (Å²) in [4.78, 5) is 15.0. The van der Waals surface area contributed by atoms with Gasteiger partial charge in [0.2, 0.25) is 0 Å². The first kappa shape index (κ1) is 24.2. The molecule has 0 aromatic heterocycles. The predicted octanol–water partition coefficient (Wildman–Crippen LogP) is 6.54. The first-order chi connectivity index (χ1) is 16.0. The van der Waals surface area contributed by atoms with Crippen molar-refractivity contribution in [2.75, 3.05) is 32.6 Å². The number of benzene rings is 3. The summed E-state index contributed by atoms with van der Waals surface area (Å²) >= 11 is 6.08. The van der Waals surface area contributed by atoms with Gasteiger partial charge in [-0.05, 0) is 54.8 Å². The molecule has 172 valence electrons. The third-order valence-corrected chi connectivity index (χ3v) is 5.37. The SMILES string of the molecule is COc1ccc(CCN(C/C(C)=C/c2ccccc2)C(=O)Nc2cccc(Cl)c2)cc1OC. The molecule has 3 aromatic carbocycles. The molecule has 0 radical (unpaired) electrons. The summed E-state index contributed by atoms with van der Waals surface area (Å²) in [6.07, 6.45) is 2.76. The maximum Gasteiger partial charge on any atom is 0.322 e. The molecule has 6 heteroatoms. The largest absolute Gasteiger partial charge is 0.493 e. The van der Waals surface area contributed by atoms with Crippen LogP contribution in [0.1, 0.15) is 18.1 Å². The maximum absolute atomic E-state index is 13.2. The third kappa shape index (κ3) is 7.29. The summed E-state index contributed by atoms with van der Waals surface area (Å²) in [5.74, 6) is 1.35. The molecule has 1 N–H and O–H groups in total. The monoisotopic (exact) mass is 464 g/mol. The standard InChI is InChI=1S/C27H29ClN2O3/c1-20(16-21-8-5-4-6-9-21)19-30(27(31)29-24-11-7-10-23(28)18-24)15-14-22-12-13-25(32-2)26(17-22)33-3/h4-13,16-18H,14-15,19H2,1-3H3,(H,29,31)/b20-16+. The number of rotatable bonds is 9. The minimum Gasteiger partial charge on any atom is -0.493 e. The molecule has 0 saturated carbocycles. The number of methoxy groups -OCH3 is 2. The van der Waals surface area contributed by atoms with Crippen LogP contribution in [0.4, 0.5) is 10.5 Å². The minimum atomic E-state index is -0.182. The second kappa shape index (κ2) is 12.0. The van der Waals surface area contributed by atoms with Crippen LogP contribution in [0.25, 0.3) is 6.08 Å². The first-order valence-electron chi connectivity index (χ1n) is 10.7. The van der Waals surface area contributed by atoms with E-state index in [0.29, 0.717) is 41.7 Å². The Labute approximate surface area is 200 Å². The lowest BCUT2D eigenvalue weighted by Gasteiger charge is -2.24. The van der Waals surface area contributed by atoms with Gasteiger partial charge < -0.3 is 19.7 Å². The molecule has 5 nitrogen and oxygen atoms in total. The Kier molecular flexibility index (Phi) is 8.79. The number of nitrogens with zero attached hydrogens (tertiary/aromatic N) is 1. The minimum absolute atomic E-state index is 0.182. The van der Waals surface area contributed by atoms with E-state index in [1.165, 1.54) is 0 Å². The highest BCUT2D eigenvalue weighted by atomic mass is 35.5. The van der Waals surface area contributed by atoms with E-state index in [0.717, 1.165) is 16.7 Å². The molecule has 2 amide bonds. The Bertz CT molecular complexity index is 1100. The zero-order valence-corrected chi connectivity index (χ0v) is 19.9. The van der Waals surface area contributed by atoms with E-state index < -0.39 is 0 Å². The highest BCUT2D eigenvalue weighted by molar-refractivity contribution is 6.30. The molecule has 0 atom stereocenters. The van der Waals surface area contributed by atoms with Gasteiger partial charge in [-0.1, -0.05) is 65.7 Å². The fourth-order valence-corrected chi connectivity index (χ4v) is 3.69. The smallest absolute Gasteiger partial charge is 0.322 e. The van der Waals surface area contributed by atoms with Crippen LogP contribution in [-0.4, -0.2) is 38.2 Å². The van der Waals surface area contributed by atoms with Crippen molar-refractivity contribution in [2.45, 2.75) is 13.3 Å². The van der Waals surface area contributed by atoms with Gasteiger partial charge in [0.05, 0.1) is 14.2 Å². The zero-order valence-electron chi connectivity index (χ0n) is 19.2. The highest BCUT2D eigenvalue weighted by Crippen LogP contribution is 2.28. The number of carbonyl (C=O) groups excluding carboxylic acids is 1. The topological polar surface area (TPSA) is 50.8 Å². The van der Waals surface area contributed by atoms with Crippen molar-refractivity contribution >= 4 is 29.4 Å². The molecular weight excluding hydrogens is 436 g/mol. The molecule has 0 saturated heterocycles. The van der Waals surface area contributed by atoms with E-state index in [4.69, 9.17) is 21.1 Å². The fourth-order valence-electron chi connectivity index (χ4n) is 3.50. The molecule has 0 fully saturated rings. The van der Waals surface area contributed by atoms with Crippen LogP contribution in [0.15, 0.2) is 78.4 Å². The van der Waals surface area contributed by atoms with Crippen molar-refractivity contribution in [3.63, 3.8) is 0 Å². The number of anilines is 1. The Morgan fingerprint density at radius 1 is 0.970 bits per heavy atom. The Morgan fingerprint density at radius 3 is 2.42 bits per heavy atom. The predicted molar refractivity (Wildman–Crippen MR) is 135 cm³/mol. The third-order valence-electron chi connectivity index (χ3n) is 5.13. The van der Waals surface area contributed by atoms with E-state index in [9.17, 15) is 4.79 Å². The van der Waals surface area contributed by atoms with Crippen molar-refractivity contribution in [1.82, 2.24) is 4.90 Å². The summed E-state index contributed by atoms with van der Waals surface area (Å²) in [5, 5.41) is 3.53. The summed E-state index contributed by atoms with van der Waals surface area (Å²) < 4.78 is 10.7. The van der Waals surface area contributed by atoms with Crippen LogP contribution in [0, 0.1) is 0 Å². The summed E-state index contributed by atoms with van der Waals surface area (Å²) in [7, 11) is 3.23. The number of nitrogens with one attached hydrogen (secondary N) is 1. The lowest BCUT2D eigenvalue weighted by molar-refractivity contribution is 0.216. The van der Waals surface area contributed by atoms with Gasteiger partial charge in [0.25, 0.3) is 0 Å². The van der Waals surface area contributed by atoms with Crippen LogP contribution in [-0.2, 0) is 6.42 Å². The number of hydrogen-bond donors (Lipinski definition) is 1. The molecule has 33 heavy (non-hydrogen) atoms. The molecule has 0 heterocycles. The van der Waals surface area contributed by atoms with E-state index in [1.807, 2.05) is 67.6 Å². The second-order valence-electron chi connectivity index (χ2n) is 7.70. The molecule has 0 spiro atoms. The van der Waals surface area contributed by atoms with Gasteiger partial charge >= 0.3 is 6.03 Å². The Balaban J connectivity index is 1.76. The number of carbonyl (C=O) groups is 1. The zero-order chi connectivity index (χ0) is 23.6. The number of halogens is 1. The van der Waals surface area contributed by atoms with Crippen molar-refractivity contribution in [2.24, 2.45) is 0 Å². The summed E-state index contributed by atoms with van der Waals surface area (Å²) in [5.41, 5.74) is 3.89. The average Bonchev–Trinajstić information content (AvgIpc) is 2.82. The molecule has 0 aliphatic heterocycles. The quantitative estimate of drug-likeness (QED) is 0.391. The van der Waals surface area contributed by atoms with Crippen molar-refractivity contribution in [1.29, 1.82) is 0 Å². The van der Waals surface area contributed by atoms with Crippen LogP contribution in [0.3, 0.4) is 0 Å². The van der Waals surface area contributed by atoms with Gasteiger partial charge in [-0.15, -0.1) is 0 Å². The van der Waals surface area contributed by atoms with Crippen LogP contribution in [0.5, 0.6) is 11.5 Å². The van der Waals surface area contributed by atoms with Gasteiger partial charge in [0.15, 0.2) is 11.5 Å². The molecule has 0 unspecified atom stereocenters. The fraction of sp³-hybridized carbons (Fsp3) is 0.222. The van der Waals surface area contributed by atoms with E-state index in [2.05, 4.69) is 11.4 Å². The number of amides is 2. The number of urea groups is 1. The molecule has 3 aromatic rings. The van der Waals surface area contributed by atoms with Crippen molar-refractivity contribution in [3.05, 3.63) is 94.5 Å². The normalized spacial score (nSPS) is 11.1. The van der Waals surface area contributed by atoms with Crippen LogP contribution >= 0.6 is 11.6 Å². The van der Waals surface area contributed by atoms with E-state index >= 15 is 0 Å². The van der Waals surface area contributed by atoms with E-state index in [1.54, 1.807) is 31.3 Å². The van der Waals surface area contributed by atoms with Crippen LogP contribution < -0.4 is 14.8 Å². The molecule has 0 aliphatic rings. The average molecular weight is 465 g/mol. The van der Waals surface area contributed by atoms with Crippen LogP contribution in [0.2, 0.25) is 5.02 Å². The molecule has 3 rings (SSSR count). The lowest BCUT2D eigenvalue weighted by atomic mass is 10.1. The van der Waals surface area contributed by atoms with Gasteiger partial charge in [0.1, 0.15) is 0 Å². The molecule has 0 bridgehead atoms. The molecule has 0 aliphatic carbocycles. The van der Waals surface area contributed by atoms with Crippen molar-refractivity contribution < 1.29 is 14.3 Å². The second-order valence-corrected chi connectivity index (χ2v) is 8.14. The number of hydrogen-bond acceptors (Lipinski definition) is 3. The van der Waals surface area contributed by atoms with Gasteiger partial charge in [-0.25, -0.2) is 4.79 Å². The Morgan fingerprint density at radius 2 is 1.73 bits per heavy atom. The molecular formula is C27H29ClN2O3. The number of ether oxygens (including phenoxy) is 2. The first-order valence-corrected chi connectivity index (χ1v) is 11.1. The maximum atomic E-state index is 13.2. The van der Waals surface area contributed by atoms with Gasteiger partial charge in [-0.2, -0.15) is 0 Å². The van der Waals surface area contributed by atoms with E-state index in [-0.39, 0.29) is 6.03 Å². The van der Waals surface area contributed by atoms with Gasteiger partial charge in [-0.3, -0.25) is 0 Å². The summed E-state index contributed by atoms with van der Waals surface area (Å²) in [6, 6.07) is 22.9. The lowest BCUT2D eigenvalue weighted by Crippen LogP contribution is -2.37. The Hall–Kier alpha value is -3.44. The van der Waals surface area contributed by atoms with Gasteiger partial charge in [0, 0.05) is 23.8 Å². The summed E-state index contributed by atoms with van der Waals surface area (Å²) in [6.45, 7) is 3.06.